The number of hydrogen-bond acceptors (Lipinski definition) is 6. The van der Waals surface area contributed by atoms with E-state index in [2.05, 4.69) is 41.6 Å². The van der Waals surface area contributed by atoms with Gasteiger partial charge in [0.15, 0.2) is 0 Å². The third kappa shape index (κ3) is 6.09. The van der Waals surface area contributed by atoms with Crippen molar-refractivity contribution >= 4 is 17.2 Å². The highest BCUT2D eigenvalue weighted by molar-refractivity contribution is 7.11. The van der Waals surface area contributed by atoms with Gasteiger partial charge in [0, 0.05) is 19.1 Å². The van der Waals surface area contributed by atoms with Crippen LogP contribution >= 0.6 is 11.3 Å². The van der Waals surface area contributed by atoms with E-state index < -0.39 is 0 Å². The predicted molar refractivity (Wildman–Crippen MR) is 75.2 cm³/mol. The molecule has 108 valence electrons. The Balaban J connectivity index is 2.28. The van der Waals surface area contributed by atoms with Gasteiger partial charge < -0.3 is 15.4 Å². The van der Waals surface area contributed by atoms with Crippen LogP contribution in [0, 0.1) is 0 Å². The van der Waals surface area contributed by atoms with E-state index in [9.17, 15) is 4.79 Å². The molecule has 0 aromatic carbocycles. The molecule has 0 atom stereocenters. The van der Waals surface area contributed by atoms with E-state index in [0.29, 0.717) is 19.7 Å². The van der Waals surface area contributed by atoms with Gasteiger partial charge in [-0.1, -0.05) is 32.1 Å². The Morgan fingerprint density at radius 3 is 2.68 bits per heavy atom. The zero-order valence-corrected chi connectivity index (χ0v) is 12.8. The standard InChI is InChI=1S/C12H22N4O2S/c1-12(2,3)11-16-15-10(19-11)8-14-9(17)7-13-5-6-18-4/h13H,5-8H2,1-4H3,(H,14,17). The van der Waals surface area contributed by atoms with Gasteiger partial charge in [0.05, 0.1) is 19.7 Å². The van der Waals surface area contributed by atoms with Crippen LogP contribution in [0.1, 0.15) is 30.8 Å². The Kier molecular flexibility index (Phi) is 6.33. The van der Waals surface area contributed by atoms with Gasteiger partial charge in [0.1, 0.15) is 10.0 Å². The second-order valence-electron chi connectivity index (χ2n) is 5.20. The molecular formula is C12H22N4O2S. The zero-order valence-electron chi connectivity index (χ0n) is 11.9. The summed E-state index contributed by atoms with van der Waals surface area (Å²) >= 11 is 1.54. The normalized spacial score (nSPS) is 11.6. The first-order valence-corrected chi connectivity index (χ1v) is 7.04. The zero-order chi connectivity index (χ0) is 14.3. The Bertz CT molecular complexity index is 401. The lowest BCUT2D eigenvalue weighted by atomic mass is 9.98. The van der Waals surface area contributed by atoms with Crippen LogP contribution in [0.3, 0.4) is 0 Å². The van der Waals surface area contributed by atoms with Crippen LogP contribution in [0.2, 0.25) is 0 Å². The molecule has 1 aromatic heterocycles. The van der Waals surface area contributed by atoms with Crippen LogP contribution in [-0.4, -0.2) is 42.9 Å². The summed E-state index contributed by atoms with van der Waals surface area (Å²) in [5.41, 5.74) is 0.00162. The SMILES string of the molecule is COCCNCC(=O)NCc1nnc(C(C)(C)C)s1. The van der Waals surface area contributed by atoms with Gasteiger partial charge in [-0.15, -0.1) is 10.2 Å². The minimum Gasteiger partial charge on any atom is -0.383 e. The van der Waals surface area contributed by atoms with Crippen LogP contribution in [0.15, 0.2) is 0 Å². The van der Waals surface area contributed by atoms with Crippen molar-refractivity contribution in [2.75, 3.05) is 26.8 Å². The molecule has 0 spiro atoms. The number of aromatic nitrogens is 2. The third-order valence-electron chi connectivity index (χ3n) is 2.31. The summed E-state index contributed by atoms with van der Waals surface area (Å²) in [6.45, 7) is 8.25. The summed E-state index contributed by atoms with van der Waals surface area (Å²) in [6, 6.07) is 0. The van der Waals surface area contributed by atoms with Crippen LogP contribution in [-0.2, 0) is 21.5 Å². The highest BCUT2D eigenvalue weighted by Crippen LogP contribution is 2.25. The summed E-state index contributed by atoms with van der Waals surface area (Å²) < 4.78 is 4.88. The summed E-state index contributed by atoms with van der Waals surface area (Å²) in [7, 11) is 1.63. The van der Waals surface area contributed by atoms with Crippen molar-refractivity contribution < 1.29 is 9.53 Å². The van der Waals surface area contributed by atoms with Crippen molar-refractivity contribution in [2.45, 2.75) is 32.7 Å². The van der Waals surface area contributed by atoms with Gasteiger partial charge in [0.2, 0.25) is 5.91 Å². The van der Waals surface area contributed by atoms with Crippen molar-refractivity contribution in [1.82, 2.24) is 20.8 Å². The number of methoxy groups -OCH3 is 1. The minimum absolute atomic E-state index is 0.00162. The van der Waals surface area contributed by atoms with Crippen LogP contribution < -0.4 is 10.6 Å². The fraction of sp³-hybridized carbons (Fsp3) is 0.750. The summed E-state index contributed by atoms with van der Waals surface area (Å²) in [5.74, 6) is -0.0522. The molecule has 7 heteroatoms. The van der Waals surface area contributed by atoms with E-state index in [-0.39, 0.29) is 17.9 Å². The summed E-state index contributed by atoms with van der Waals surface area (Å²) in [6.07, 6.45) is 0. The molecule has 0 aliphatic carbocycles. The summed E-state index contributed by atoms with van der Waals surface area (Å²) in [4.78, 5) is 11.5. The number of rotatable bonds is 7. The van der Waals surface area contributed by atoms with Crippen molar-refractivity contribution in [2.24, 2.45) is 0 Å². The molecule has 0 aliphatic rings. The largest absolute Gasteiger partial charge is 0.383 e. The third-order valence-corrected chi connectivity index (χ3v) is 3.66. The molecule has 2 N–H and O–H groups in total. The highest BCUT2D eigenvalue weighted by Gasteiger charge is 2.19. The second-order valence-corrected chi connectivity index (χ2v) is 6.26. The lowest BCUT2D eigenvalue weighted by Crippen LogP contribution is -2.34. The average Bonchev–Trinajstić information content (AvgIpc) is 2.81. The average molecular weight is 286 g/mol. The number of hydrogen-bond donors (Lipinski definition) is 2. The molecule has 0 saturated carbocycles. The Hall–Kier alpha value is -1.05. The van der Waals surface area contributed by atoms with Crippen molar-refractivity contribution in [1.29, 1.82) is 0 Å². The molecule has 19 heavy (non-hydrogen) atoms. The van der Waals surface area contributed by atoms with Crippen LogP contribution in [0.25, 0.3) is 0 Å². The van der Waals surface area contributed by atoms with Crippen molar-refractivity contribution in [3.63, 3.8) is 0 Å². The van der Waals surface area contributed by atoms with Gasteiger partial charge in [-0.05, 0) is 0 Å². The fourth-order valence-electron chi connectivity index (χ4n) is 1.24. The number of carbonyl (C=O) groups excluding carboxylic acids is 1. The van der Waals surface area contributed by atoms with E-state index in [1.807, 2.05) is 0 Å². The van der Waals surface area contributed by atoms with Crippen LogP contribution in [0.5, 0.6) is 0 Å². The molecule has 1 amide bonds. The van der Waals surface area contributed by atoms with E-state index >= 15 is 0 Å². The topological polar surface area (TPSA) is 76.1 Å². The fourth-order valence-corrected chi connectivity index (χ4v) is 2.08. The smallest absolute Gasteiger partial charge is 0.234 e. The molecular weight excluding hydrogens is 264 g/mol. The Morgan fingerprint density at radius 1 is 1.37 bits per heavy atom. The molecule has 1 heterocycles. The van der Waals surface area contributed by atoms with Gasteiger partial charge in [0.25, 0.3) is 0 Å². The number of nitrogens with zero attached hydrogens (tertiary/aromatic N) is 2. The number of nitrogens with one attached hydrogen (secondary N) is 2. The molecule has 0 saturated heterocycles. The maximum Gasteiger partial charge on any atom is 0.234 e. The number of carbonyl (C=O) groups is 1. The maximum atomic E-state index is 11.5. The van der Waals surface area contributed by atoms with E-state index in [0.717, 1.165) is 10.0 Å². The second kappa shape index (κ2) is 7.52. The predicted octanol–water partition coefficient (Wildman–Crippen LogP) is 0.688. The molecule has 0 radical (unpaired) electrons. The maximum absolute atomic E-state index is 11.5. The first-order valence-electron chi connectivity index (χ1n) is 6.22. The number of ether oxygens (including phenoxy) is 1. The molecule has 0 aliphatic heterocycles. The monoisotopic (exact) mass is 286 g/mol. The Labute approximate surface area is 118 Å². The Morgan fingerprint density at radius 2 is 2.11 bits per heavy atom. The van der Waals surface area contributed by atoms with Gasteiger partial charge in [-0.25, -0.2) is 0 Å². The van der Waals surface area contributed by atoms with Gasteiger partial charge >= 0.3 is 0 Å². The molecule has 6 nitrogen and oxygen atoms in total. The lowest BCUT2D eigenvalue weighted by molar-refractivity contribution is -0.120. The molecule has 0 fully saturated rings. The van der Waals surface area contributed by atoms with E-state index in [1.165, 1.54) is 11.3 Å². The molecule has 0 bridgehead atoms. The summed E-state index contributed by atoms with van der Waals surface area (Å²) in [5, 5.41) is 15.8. The molecule has 1 aromatic rings. The van der Waals surface area contributed by atoms with Crippen molar-refractivity contribution in [3.8, 4) is 0 Å². The first-order chi connectivity index (χ1) is 8.93. The number of amides is 1. The first kappa shape index (κ1) is 16.0. The van der Waals surface area contributed by atoms with Gasteiger partial charge in [-0.2, -0.15) is 0 Å². The van der Waals surface area contributed by atoms with Crippen LogP contribution in [0.4, 0.5) is 0 Å². The van der Waals surface area contributed by atoms with Crippen molar-refractivity contribution in [3.05, 3.63) is 10.0 Å². The van der Waals surface area contributed by atoms with Gasteiger partial charge in [-0.3, -0.25) is 4.79 Å². The van der Waals surface area contributed by atoms with E-state index in [4.69, 9.17) is 4.74 Å². The quantitative estimate of drug-likeness (QED) is 0.721. The lowest BCUT2D eigenvalue weighted by Gasteiger charge is -2.12. The van der Waals surface area contributed by atoms with E-state index in [1.54, 1.807) is 7.11 Å². The minimum atomic E-state index is -0.0522. The highest BCUT2D eigenvalue weighted by atomic mass is 32.1. The molecule has 1 rings (SSSR count). The molecule has 0 unspecified atom stereocenters.